The van der Waals surface area contributed by atoms with Crippen LogP contribution in [0, 0.1) is 0 Å². The van der Waals surface area contributed by atoms with E-state index in [1.54, 1.807) is 25.3 Å². The van der Waals surface area contributed by atoms with E-state index in [0.29, 0.717) is 33.5 Å². The van der Waals surface area contributed by atoms with Crippen LogP contribution in [0.15, 0.2) is 58.1 Å². The Hall–Kier alpha value is -2.84. The molecule has 28 heavy (non-hydrogen) atoms. The lowest BCUT2D eigenvalue weighted by molar-refractivity contribution is 0.416. The largest absolute Gasteiger partial charge is 0.496 e. The van der Waals surface area contributed by atoms with Gasteiger partial charge < -0.3 is 9.15 Å². The van der Waals surface area contributed by atoms with Crippen LogP contribution >= 0.6 is 23.4 Å². The van der Waals surface area contributed by atoms with Crippen molar-refractivity contribution < 1.29 is 9.15 Å². The minimum absolute atomic E-state index is 0.116. The predicted molar refractivity (Wildman–Crippen MR) is 107 cm³/mol. The van der Waals surface area contributed by atoms with E-state index in [4.69, 9.17) is 20.8 Å². The summed E-state index contributed by atoms with van der Waals surface area (Å²) in [5.74, 6) is 2.23. The summed E-state index contributed by atoms with van der Waals surface area (Å²) in [5, 5.41) is 16.5. The summed E-state index contributed by atoms with van der Waals surface area (Å²) < 4.78 is 11.2. The van der Waals surface area contributed by atoms with E-state index in [9.17, 15) is 0 Å². The van der Waals surface area contributed by atoms with Gasteiger partial charge in [-0.15, -0.1) is 15.3 Å². The third kappa shape index (κ3) is 3.88. The van der Waals surface area contributed by atoms with Crippen molar-refractivity contribution in [3.05, 3.63) is 59.4 Å². The summed E-state index contributed by atoms with van der Waals surface area (Å²) in [6, 6.07) is 15.0. The van der Waals surface area contributed by atoms with Crippen LogP contribution in [0.25, 0.3) is 22.8 Å². The smallest absolute Gasteiger partial charge is 0.247 e. The number of methoxy groups -OCH3 is 1. The highest BCUT2D eigenvalue weighted by Crippen LogP contribution is 2.35. The third-order valence-electron chi connectivity index (χ3n) is 3.97. The number of H-pyrrole nitrogens is 1. The fourth-order valence-corrected chi connectivity index (χ4v) is 3.52. The lowest BCUT2D eigenvalue weighted by Gasteiger charge is -2.05. The second kappa shape index (κ2) is 8.04. The van der Waals surface area contributed by atoms with Crippen molar-refractivity contribution in [1.29, 1.82) is 0 Å². The molecule has 0 aliphatic rings. The monoisotopic (exact) mass is 413 g/mol. The highest BCUT2D eigenvalue weighted by molar-refractivity contribution is 7.99. The average molecular weight is 414 g/mol. The summed E-state index contributed by atoms with van der Waals surface area (Å²) in [5.41, 5.74) is 1.62. The highest BCUT2D eigenvalue weighted by Gasteiger charge is 2.19. The predicted octanol–water partition coefficient (Wildman–Crippen LogP) is 5.04. The molecule has 0 fully saturated rings. The molecule has 0 saturated heterocycles. The van der Waals surface area contributed by atoms with Crippen LogP contribution in [0.2, 0.25) is 5.02 Å². The van der Waals surface area contributed by atoms with Crippen molar-refractivity contribution in [2.45, 2.75) is 17.3 Å². The third-order valence-corrected chi connectivity index (χ3v) is 5.16. The number of hydrogen-bond donors (Lipinski definition) is 1. The van der Waals surface area contributed by atoms with Crippen LogP contribution < -0.4 is 4.74 Å². The van der Waals surface area contributed by atoms with Gasteiger partial charge in [-0.25, -0.2) is 4.98 Å². The number of nitrogens with one attached hydrogen (secondary N) is 1. The van der Waals surface area contributed by atoms with E-state index in [2.05, 4.69) is 25.4 Å². The molecular formula is C19H16ClN5O2S. The first-order chi connectivity index (χ1) is 13.6. The average Bonchev–Trinajstić information content (AvgIpc) is 3.38. The van der Waals surface area contributed by atoms with E-state index in [1.807, 2.05) is 37.3 Å². The summed E-state index contributed by atoms with van der Waals surface area (Å²) in [6.07, 6.45) is 0. The Morgan fingerprint density at radius 2 is 1.96 bits per heavy atom. The van der Waals surface area contributed by atoms with Gasteiger partial charge in [-0.1, -0.05) is 41.6 Å². The molecule has 1 unspecified atom stereocenters. The zero-order valence-electron chi connectivity index (χ0n) is 15.1. The van der Waals surface area contributed by atoms with Crippen molar-refractivity contribution in [3.63, 3.8) is 0 Å². The maximum atomic E-state index is 6.10. The van der Waals surface area contributed by atoms with Gasteiger partial charge in [-0.2, -0.15) is 0 Å². The Morgan fingerprint density at radius 3 is 2.75 bits per heavy atom. The van der Waals surface area contributed by atoms with Gasteiger partial charge in [0.15, 0.2) is 5.82 Å². The summed E-state index contributed by atoms with van der Waals surface area (Å²) in [6.45, 7) is 1.96. The Bertz CT molecular complexity index is 1080. The van der Waals surface area contributed by atoms with Crippen molar-refractivity contribution in [1.82, 2.24) is 25.4 Å². The van der Waals surface area contributed by atoms with Gasteiger partial charge in [0.05, 0.1) is 17.9 Å². The fraction of sp³-hybridized carbons (Fsp3) is 0.158. The molecule has 7 nitrogen and oxygen atoms in total. The van der Waals surface area contributed by atoms with E-state index >= 15 is 0 Å². The zero-order valence-corrected chi connectivity index (χ0v) is 16.7. The molecule has 2 aromatic carbocycles. The van der Waals surface area contributed by atoms with Gasteiger partial charge >= 0.3 is 0 Å². The standard InChI is InChI=1S/C19H16ClN5O2S/c1-11(17-23-24-18(27-17)12-6-4-3-5-7-12)28-19-21-16(22-25-19)14-10-13(20)8-9-15(14)26-2/h3-11H,1-2H3,(H,21,22,25). The lowest BCUT2D eigenvalue weighted by Crippen LogP contribution is -1.90. The highest BCUT2D eigenvalue weighted by atomic mass is 35.5. The Morgan fingerprint density at radius 1 is 1.14 bits per heavy atom. The van der Waals surface area contributed by atoms with Gasteiger partial charge in [0, 0.05) is 10.6 Å². The number of thioether (sulfide) groups is 1. The molecule has 1 atom stereocenters. The van der Waals surface area contributed by atoms with E-state index < -0.39 is 0 Å². The zero-order chi connectivity index (χ0) is 19.5. The minimum Gasteiger partial charge on any atom is -0.496 e. The molecule has 142 valence electrons. The van der Waals surface area contributed by atoms with Crippen LogP contribution in [0.4, 0.5) is 0 Å². The minimum atomic E-state index is -0.116. The van der Waals surface area contributed by atoms with Crippen molar-refractivity contribution >= 4 is 23.4 Å². The van der Waals surface area contributed by atoms with Gasteiger partial charge in [-0.3, -0.25) is 5.10 Å². The molecule has 0 aliphatic heterocycles. The van der Waals surface area contributed by atoms with Gasteiger partial charge in [0.2, 0.25) is 16.9 Å². The molecule has 0 spiro atoms. The maximum Gasteiger partial charge on any atom is 0.247 e. The number of benzene rings is 2. The van der Waals surface area contributed by atoms with E-state index in [0.717, 1.165) is 11.1 Å². The van der Waals surface area contributed by atoms with Crippen LogP contribution in [-0.4, -0.2) is 32.5 Å². The summed E-state index contributed by atoms with van der Waals surface area (Å²) >= 11 is 7.51. The Balaban J connectivity index is 1.52. The second-order valence-electron chi connectivity index (χ2n) is 5.88. The molecule has 0 bridgehead atoms. The fourth-order valence-electron chi connectivity index (χ4n) is 2.59. The van der Waals surface area contributed by atoms with Gasteiger partial charge in [0.25, 0.3) is 0 Å². The molecule has 2 aromatic heterocycles. The number of halogens is 1. The number of aromatic nitrogens is 5. The SMILES string of the molecule is COc1ccc(Cl)cc1-c1nc(SC(C)c2nnc(-c3ccccc3)o2)n[nH]1. The number of hydrogen-bond acceptors (Lipinski definition) is 7. The molecule has 1 N–H and O–H groups in total. The quantitative estimate of drug-likeness (QED) is 0.443. The topological polar surface area (TPSA) is 89.7 Å². The number of nitrogens with zero attached hydrogens (tertiary/aromatic N) is 4. The van der Waals surface area contributed by atoms with Crippen molar-refractivity contribution in [2.24, 2.45) is 0 Å². The summed E-state index contributed by atoms with van der Waals surface area (Å²) in [4.78, 5) is 4.53. The maximum absolute atomic E-state index is 6.10. The Labute approximate surface area is 170 Å². The number of ether oxygens (including phenoxy) is 1. The molecule has 4 rings (SSSR count). The van der Waals surface area contributed by atoms with Crippen molar-refractivity contribution in [3.8, 4) is 28.6 Å². The van der Waals surface area contributed by atoms with Crippen molar-refractivity contribution in [2.75, 3.05) is 7.11 Å². The number of rotatable bonds is 6. The van der Waals surface area contributed by atoms with E-state index in [-0.39, 0.29) is 5.25 Å². The number of aromatic amines is 1. The Kier molecular flexibility index (Phi) is 5.31. The summed E-state index contributed by atoms with van der Waals surface area (Å²) in [7, 11) is 1.60. The molecule has 0 amide bonds. The molecule has 0 aliphatic carbocycles. The van der Waals surface area contributed by atoms with Crippen LogP contribution in [0.1, 0.15) is 18.1 Å². The lowest BCUT2D eigenvalue weighted by atomic mass is 10.2. The first kappa shape index (κ1) is 18.5. The molecule has 9 heteroatoms. The van der Waals surface area contributed by atoms with Gasteiger partial charge in [0.1, 0.15) is 5.75 Å². The molecule has 4 aromatic rings. The van der Waals surface area contributed by atoms with E-state index in [1.165, 1.54) is 11.8 Å². The van der Waals surface area contributed by atoms with Crippen LogP contribution in [0.3, 0.4) is 0 Å². The first-order valence-corrected chi connectivity index (χ1v) is 9.71. The van der Waals surface area contributed by atoms with Crippen LogP contribution in [0.5, 0.6) is 5.75 Å². The van der Waals surface area contributed by atoms with Gasteiger partial charge in [-0.05, 0) is 37.3 Å². The normalized spacial score (nSPS) is 12.1. The molecule has 2 heterocycles. The molecule has 0 saturated carbocycles. The first-order valence-electron chi connectivity index (χ1n) is 8.46. The second-order valence-corrected chi connectivity index (χ2v) is 7.63. The molecular weight excluding hydrogens is 398 g/mol. The van der Waals surface area contributed by atoms with Crippen LogP contribution in [-0.2, 0) is 0 Å². The molecule has 0 radical (unpaired) electrons.